The lowest BCUT2D eigenvalue weighted by molar-refractivity contribution is -0.151. The van der Waals surface area contributed by atoms with E-state index < -0.39 is 28.5 Å². The van der Waals surface area contributed by atoms with Gasteiger partial charge < -0.3 is 10.1 Å². The third-order valence-corrected chi connectivity index (χ3v) is 5.13. The van der Waals surface area contributed by atoms with Crippen LogP contribution < -0.4 is 10.5 Å². The van der Waals surface area contributed by atoms with Crippen LogP contribution in [0.5, 0.6) is 0 Å². The second-order valence-electron chi connectivity index (χ2n) is 5.44. The highest BCUT2D eigenvalue weighted by Gasteiger charge is 2.25. The molecule has 1 fully saturated rings. The van der Waals surface area contributed by atoms with E-state index in [-0.39, 0.29) is 26.5 Å². The average molecular weight is 395 g/mol. The second kappa shape index (κ2) is 7.69. The third-order valence-electron chi connectivity index (χ3n) is 3.64. The Balaban J connectivity index is 2.00. The lowest BCUT2D eigenvalue weighted by atomic mass is 10.1. The fraction of sp³-hybridized carbons (Fsp3) is 0.429. The second-order valence-corrected chi connectivity index (χ2v) is 7.82. The monoisotopic (exact) mass is 394 g/mol. The zero-order chi connectivity index (χ0) is 17.9. The van der Waals surface area contributed by atoms with Crippen LogP contribution in [0.25, 0.3) is 0 Å². The van der Waals surface area contributed by atoms with E-state index in [0.717, 1.165) is 37.8 Å². The number of esters is 1. The number of ether oxygens (including phenoxy) is 1. The predicted molar refractivity (Wildman–Crippen MR) is 89.4 cm³/mol. The van der Waals surface area contributed by atoms with E-state index >= 15 is 0 Å². The van der Waals surface area contributed by atoms with Gasteiger partial charge in [0.05, 0.1) is 26.5 Å². The first-order valence-electron chi connectivity index (χ1n) is 7.17. The predicted octanol–water partition coefficient (Wildman–Crippen LogP) is 2.31. The Kier molecular flexibility index (Phi) is 6.08. The molecular formula is C14H16Cl2N2O5S. The van der Waals surface area contributed by atoms with E-state index in [1.165, 1.54) is 0 Å². The summed E-state index contributed by atoms with van der Waals surface area (Å²) in [4.78, 5) is 23.4. The van der Waals surface area contributed by atoms with Crippen LogP contribution in [0.1, 0.15) is 25.7 Å². The molecule has 0 radical (unpaired) electrons. The van der Waals surface area contributed by atoms with Crippen molar-refractivity contribution < 1.29 is 22.7 Å². The molecule has 10 heteroatoms. The van der Waals surface area contributed by atoms with E-state index in [0.29, 0.717) is 0 Å². The molecule has 1 aliphatic carbocycles. The number of carbonyl (C=O) groups excluding carboxylic acids is 2. The number of primary sulfonamides is 1. The van der Waals surface area contributed by atoms with Crippen LogP contribution in [0.15, 0.2) is 17.0 Å². The first-order valence-corrected chi connectivity index (χ1v) is 9.47. The van der Waals surface area contributed by atoms with Crippen LogP contribution in [0, 0.1) is 5.92 Å². The number of anilines is 1. The molecule has 1 saturated carbocycles. The zero-order valence-corrected chi connectivity index (χ0v) is 14.9. The molecule has 0 spiro atoms. The summed E-state index contributed by atoms with van der Waals surface area (Å²) in [6.45, 7) is -0.473. The molecule has 1 aromatic carbocycles. The summed E-state index contributed by atoms with van der Waals surface area (Å²) in [5, 5.41) is 7.19. The minimum absolute atomic E-state index is 0.0210. The van der Waals surface area contributed by atoms with Crippen LogP contribution in [0.3, 0.4) is 0 Å². The van der Waals surface area contributed by atoms with Crippen molar-refractivity contribution in [1.82, 2.24) is 0 Å². The molecule has 132 valence electrons. The molecule has 2 rings (SSSR count). The molecule has 0 unspecified atom stereocenters. The molecule has 24 heavy (non-hydrogen) atoms. The van der Waals surface area contributed by atoms with Gasteiger partial charge in [-0.1, -0.05) is 36.0 Å². The van der Waals surface area contributed by atoms with Gasteiger partial charge in [0.25, 0.3) is 5.91 Å². The molecule has 0 bridgehead atoms. The molecule has 1 amide bonds. The maximum Gasteiger partial charge on any atom is 0.309 e. The quantitative estimate of drug-likeness (QED) is 0.743. The summed E-state index contributed by atoms with van der Waals surface area (Å²) in [6, 6.07) is 2.14. The van der Waals surface area contributed by atoms with Crippen molar-refractivity contribution >= 4 is 50.8 Å². The number of halogens is 2. The van der Waals surface area contributed by atoms with E-state index in [1.807, 2.05) is 0 Å². The Hall–Kier alpha value is -1.35. The highest BCUT2D eigenvalue weighted by atomic mass is 35.5. The van der Waals surface area contributed by atoms with Crippen molar-refractivity contribution in [2.24, 2.45) is 11.1 Å². The van der Waals surface area contributed by atoms with Crippen molar-refractivity contribution in [3.05, 3.63) is 22.2 Å². The molecule has 0 aromatic heterocycles. The van der Waals surface area contributed by atoms with Gasteiger partial charge in [0.1, 0.15) is 0 Å². The molecular weight excluding hydrogens is 379 g/mol. The Morgan fingerprint density at radius 3 is 2.25 bits per heavy atom. The average Bonchev–Trinajstić information content (AvgIpc) is 3.01. The van der Waals surface area contributed by atoms with E-state index in [1.54, 1.807) is 0 Å². The normalized spacial score (nSPS) is 15.3. The lowest BCUT2D eigenvalue weighted by Crippen LogP contribution is -2.24. The maximum absolute atomic E-state index is 11.9. The van der Waals surface area contributed by atoms with Crippen LogP contribution in [-0.2, 0) is 24.3 Å². The Morgan fingerprint density at radius 2 is 1.75 bits per heavy atom. The summed E-state index contributed by atoms with van der Waals surface area (Å²) in [5.41, 5.74) is 0.0210. The highest BCUT2D eigenvalue weighted by molar-refractivity contribution is 7.89. The first-order chi connectivity index (χ1) is 11.2. The summed E-state index contributed by atoms with van der Waals surface area (Å²) in [5.74, 6) is -1.18. The molecule has 3 N–H and O–H groups in total. The zero-order valence-electron chi connectivity index (χ0n) is 12.6. The van der Waals surface area contributed by atoms with E-state index in [2.05, 4.69) is 5.32 Å². The molecule has 1 aromatic rings. The first kappa shape index (κ1) is 19.0. The number of hydrogen-bond acceptors (Lipinski definition) is 5. The number of carbonyl (C=O) groups is 2. The molecule has 0 saturated heterocycles. The van der Waals surface area contributed by atoms with E-state index in [4.69, 9.17) is 33.1 Å². The number of rotatable bonds is 5. The van der Waals surface area contributed by atoms with Gasteiger partial charge in [-0.05, 0) is 25.0 Å². The molecule has 1 aliphatic rings. The van der Waals surface area contributed by atoms with Crippen molar-refractivity contribution in [2.75, 3.05) is 11.9 Å². The molecule has 0 atom stereocenters. The Morgan fingerprint density at radius 1 is 1.21 bits per heavy atom. The summed E-state index contributed by atoms with van der Waals surface area (Å²) < 4.78 is 27.5. The van der Waals surface area contributed by atoms with E-state index in [9.17, 15) is 18.0 Å². The van der Waals surface area contributed by atoms with Crippen molar-refractivity contribution in [2.45, 2.75) is 30.6 Å². The molecule has 7 nitrogen and oxygen atoms in total. The molecule has 0 heterocycles. The summed E-state index contributed by atoms with van der Waals surface area (Å²) in [7, 11) is -3.97. The lowest BCUT2D eigenvalue weighted by Gasteiger charge is -2.12. The smallest absolute Gasteiger partial charge is 0.309 e. The number of hydrogen-bond donors (Lipinski definition) is 2. The topological polar surface area (TPSA) is 116 Å². The van der Waals surface area contributed by atoms with Crippen LogP contribution in [0.4, 0.5) is 5.69 Å². The number of nitrogens with one attached hydrogen (secondary N) is 1. The Labute approximate surface area is 149 Å². The number of sulfonamides is 1. The Bertz CT molecular complexity index is 737. The maximum atomic E-state index is 11.9. The van der Waals surface area contributed by atoms with Crippen molar-refractivity contribution in [3.63, 3.8) is 0 Å². The summed E-state index contributed by atoms with van der Waals surface area (Å²) >= 11 is 11.8. The van der Waals surface area contributed by atoms with Crippen LogP contribution in [-0.4, -0.2) is 26.9 Å². The van der Waals surface area contributed by atoms with Gasteiger partial charge in [-0.15, -0.1) is 0 Å². The van der Waals surface area contributed by atoms with Crippen molar-refractivity contribution in [1.29, 1.82) is 0 Å². The SMILES string of the molecule is NS(=O)(=O)c1cc(Cl)c(NC(=O)COC(=O)C2CCCC2)c(Cl)c1. The third kappa shape index (κ3) is 4.83. The van der Waals surface area contributed by atoms with Gasteiger partial charge in [0.15, 0.2) is 6.61 Å². The fourth-order valence-electron chi connectivity index (χ4n) is 2.43. The number of nitrogens with two attached hydrogens (primary N) is 1. The van der Waals surface area contributed by atoms with Crippen LogP contribution in [0.2, 0.25) is 10.0 Å². The minimum Gasteiger partial charge on any atom is -0.455 e. The highest BCUT2D eigenvalue weighted by Crippen LogP contribution is 2.33. The van der Waals surface area contributed by atoms with Gasteiger partial charge in [-0.2, -0.15) is 0 Å². The van der Waals surface area contributed by atoms with Gasteiger partial charge in [0.2, 0.25) is 10.0 Å². The number of benzene rings is 1. The largest absolute Gasteiger partial charge is 0.455 e. The minimum atomic E-state index is -3.97. The van der Waals surface area contributed by atoms with Crippen molar-refractivity contribution in [3.8, 4) is 0 Å². The fourth-order valence-corrected chi connectivity index (χ4v) is 3.70. The van der Waals surface area contributed by atoms with Crippen LogP contribution >= 0.6 is 23.2 Å². The van der Waals surface area contributed by atoms with Gasteiger partial charge in [-0.3, -0.25) is 9.59 Å². The van der Waals surface area contributed by atoms with Gasteiger partial charge in [0, 0.05) is 0 Å². The van der Waals surface area contributed by atoms with Gasteiger partial charge in [-0.25, -0.2) is 13.6 Å². The standard InChI is InChI=1S/C14H16Cl2N2O5S/c15-10-5-9(24(17,21)22)6-11(16)13(10)18-12(19)7-23-14(20)8-3-1-2-4-8/h5-6,8H,1-4,7H2,(H,18,19)(H2,17,21,22). The molecule has 0 aliphatic heterocycles. The van der Waals surface area contributed by atoms with Gasteiger partial charge >= 0.3 is 5.97 Å². The number of amides is 1. The summed E-state index contributed by atoms with van der Waals surface area (Å²) in [6.07, 6.45) is 3.50.